The second-order valence-corrected chi connectivity index (χ2v) is 2.39. The van der Waals surface area contributed by atoms with Crippen LogP contribution >= 0.6 is 0 Å². The summed E-state index contributed by atoms with van der Waals surface area (Å²) in [6, 6.07) is 0. The molecule has 1 amide bonds. The molecule has 70 valence electrons. The van der Waals surface area contributed by atoms with E-state index in [4.69, 9.17) is 0 Å². The maximum Gasteiger partial charge on any atom is 0.293 e. The Morgan fingerprint density at radius 1 is 1.50 bits per heavy atom. The molecule has 0 N–H and O–H groups in total. The summed E-state index contributed by atoms with van der Waals surface area (Å²) < 4.78 is 4.52. The van der Waals surface area contributed by atoms with Crippen molar-refractivity contribution in [1.29, 1.82) is 0 Å². The molecule has 4 heteroatoms. The van der Waals surface area contributed by atoms with Gasteiger partial charge in [0.15, 0.2) is 6.10 Å². The standard InChI is InChI=1S/C8H15NO3/c1-4-9(5-2)8(11)7(3)12-6-10/h6-7H,4-5H2,1-3H3. The lowest BCUT2D eigenvalue weighted by atomic mass is 10.3. The third-order valence-electron chi connectivity index (χ3n) is 1.68. The largest absolute Gasteiger partial charge is 0.455 e. The van der Waals surface area contributed by atoms with Crippen molar-refractivity contribution in [3.63, 3.8) is 0 Å². The molecular weight excluding hydrogens is 158 g/mol. The maximum absolute atomic E-state index is 11.3. The fourth-order valence-corrected chi connectivity index (χ4v) is 0.934. The van der Waals surface area contributed by atoms with Gasteiger partial charge in [-0.15, -0.1) is 0 Å². The van der Waals surface area contributed by atoms with Gasteiger partial charge in [0.05, 0.1) is 0 Å². The minimum atomic E-state index is -0.664. The number of likely N-dealkylation sites (N-methyl/N-ethyl adjacent to an activating group) is 1. The van der Waals surface area contributed by atoms with Gasteiger partial charge < -0.3 is 9.64 Å². The van der Waals surface area contributed by atoms with Gasteiger partial charge in [-0.05, 0) is 20.8 Å². The zero-order valence-electron chi connectivity index (χ0n) is 7.74. The lowest BCUT2D eigenvalue weighted by molar-refractivity contribution is -0.150. The summed E-state index contributed by atoms with van der Waals surface area (Å²) in [5.74, 6) is -0.146. The summed E-state index contributed by atoms with van der Waals surface area (Å²) >= 11 is 0. The van der Waals surface area contributed by atoms with Gasteiger partial charge in [-0.3, -0.25) is 9.59 Å². The van der Waals surface area contributed by atoms with E-state index in [1.54, 1.807) is 11.8 Å². The normalized spacial score (nSPS) is 11.9. The summed E-state index contributed by atoms with van der Waals surface area (Å²) in [6.07, 6.45) is -0.664. The van der Waals surface area contributed by atoms with Crippen LogP contribution in [0.3, 0.4) is 0 Å². The molecule has 0 bridgehead atoms. The van der Waals surface area contributed by atoms with E-state index in [1.165, 1.54) is 0 Å². The van der Waals surface area contributed by atoms with Gasteiger partial charge >= 0.3 is 0 Å². The second kappa shape index (κ2) is 5.57. The van der Waals surface area contributed by atoms with Crippen molar-refractivity contribution in [1.82, 2.24) is 4.90 Å². The van der Waals surface area contributed by atoms with Crippen molar-refractivity contribution in [2.45, 2.75) is 26.9 Å². The van der Waals surface area contributed by atoms with E-state index in [2.05, 4.69) is 4.74 Å². The molecule has 0 aromatic heterocycles. The Balaban J connectivity index is 4.05. The van der Waals surface area contributed by atoms with Gasteiger partial charge in [0.2, 0.25) is 0 Å². The predicted octanol–water partition coefficient (Wildman–Crippen LogP) is 0.416. The van der Waals surface area contributed by atoms with Crippen molar-refractivity contribution in [2.75, 3.05) is 13.1 Å². The molecule has 0 saturated heterocycles. The summed E-state index contributed by atoms with van der Waals surface area (Å²) in [6.45, 7) is 6.91. The highest BCUT2D eigenvalue weighted by Crippen LogP contribution is 1.97. The quantitative estimate of drug-likeness (QED) is 0.566. The van der Waals surface area contributed by atoms with E-state index in [0.717, 1.165) is 0 Å². The topological polar surface area (TPSA) is 46.6 Å². The van der Waals surface area contributed by atoms with Crippen molar-refractivity contribution in [2.24, 2.45) is 0 Å². The number of nitrogens with zero attached hydrogens (tertiary/aromatic N) is 1. The molecule has 0 rings (SSSR count). The monoisotopic (exact) mass is 173 g/mol. The number of hydrogen-bond donors (Lipinski definition) is 0. The van der Waals surface area contributed by atoms with E-state index in [-0.39, 0.29) is 5.91 Å². The van der Waals surface area contributed by atoms with E-state index < -0.39 is 6.10 Å². The van der Waals surface area contributed by atoms with Crippen LogP contribution in [0.4, 0.5) is 0 Å². The molecular formula is C8H15NO3. The van der Waals surface area contributed by atoms with Crippen molar-refractivity contribution in [3.05, 3.63) is 0 Å². The van der Waals surface area contributed by atoms with Crippen molar-refractivity contribution < 1.29 is 14.3 Å². The van der Waals surface area contributed by atoms with Gasteiger partial charge in [-0.2, -0.15) is 0 Å². The Bertz CT molecular complexity index is 154. The van der Waals surface area contributed by atoms with Crippen LogP contribution in [-0.4, -0.2) is 36.5 Å². The average molecular weight is 173 g/mol. The number of amides is 1. The first-order chi connectivity index (χ1) is 5.67. The van der Waals surface area contributed by atoms with E-state index in [1.807, 2.05) is 13.8 Å². The number of hydrogen-bond acceptors (Lipinski definition) is 3. The number of rotatable bonds is 5. The molecule has 0 aromatic carbocycles. The molecule has 0 aliphatic rings. The van der Waals surface area contributed by atoms with Gasteiger partial charge in [0, 0.05) is 13.1 Å². The summed E-state index contributed by atoms with van der Waals surface area (Å²) in [4.78, 5) is 22.9. The molecule has 0 heterocycles. The zero-order chi connectivity index (χ0) is 9.56. The van der Waals surface area contributed by atoms with Crippen LogP contribution in [-0.2, 0) is 14.3 Å². The van der Waals surface area contributed by atoms with Crippen LogP contribution in [0.15, 0.2) is 0 Å². The Labute approximate surface area is 72.5 Å². The fraction of sp³-hybridized carbons (Fsp3) is 0.750. The Morgan fingerprint density at radius 2 is 2.00 bits per heavy atom. The third kappa shape index (κ3) is 2.90. The van der Waals surface area contributed by atoms with Gasteiger partial charge in [0.1, 0.15) is 0 Å². The number of carbonyl (C=O) groups excluding carboxylic acids is 2. The Kier molecular flexibility index (Phi) is 5.08. The lowest BCUT2D eigenvalue weighted by Crippen LogP contribution is -2.38. The predicted molar refractivity (Wildman–Crippen MR) is 44.5 cm³/mol. The van der Waals surface area contributed by atoms with Gasteiger partial charge in [0.25, 0.3) is 12.4 Å². The summed E-state index contributed by atoms with van der Waals surface area (Å²) in [7, 11) is 0. The van der Waals surface area contributed by atoms with Gasteiger partial charge in [-0.1, -0.05) is 0 Å². The Hall–Kier alpha value is -1.06. The molecule has 1 atom stereocenters. The molecule has 0 aliphatic carbocycles. The zero-order valence-corrected chi connectivity index (χ0v) is 7.74. The van der Waals surface area contributed by atoms with E-state index in [9.17, 15) is 9.59 Å². The first kappa shape index (κ1) is 10.9. The van der Waals surface area contributed by atoms with Crippen LogP contribution in [0.1, 0.15) is 20.8 Å². The van der Waals surface area contributed by atoms with Crippen LogP contribution < -0.4 is 0 Å². The molecule has 1 unspecified atom stereocenters. The summed E-state index contributed by atoms with van der Waals surface area (Å²) in [5, 5.41) is 0. The lowest BCUT2D eigenvalue weighted by Gasteiger charge is -2.21. The minimum Gasteiger partial charge on any atom is -0.455 e. The molecule has 4 nitrogen and oxygen atoms in total. The highest BCUT2D eigenvalue weighted by molar-refractivity contribution is 5.81. The highest BCUT2D eigenvalue weighted by atomic mass is 16.5. The van der Waals surface area contributed by atoms with Crippen molar-refractivity contribution >= 4 is 12.4 Å². The molecule has 0 spiro atoms. The molecule has 0 fully saturated rings. The summed E-state index contributed by atoms with van der Waals surface area (Å²) in [5.41, 5.74) is 0. The molecule has 0 saturated carbocycles. The van der Waals surface area contributed by atoms with Crippen LogP contribution in [0.25, 0.3) is 0 Å². The first-order valence-electron chi connectivity index (χ1n) is 4.05. The van der Waals surface area contributed by atoms with E-state index in [0.29, 0.717) is 19.6 Å². The molecule has 0 aromatic rings. The average Bonchev–Trinajstić information content (AvgIpc) is 2.07. The van der Waals surface area contributed by atoms with Crippen molar-refractivity contribution in [3.8, 4) is 0 Å². The molecule has 12 heavy (non-hydrogen) atoms. The highest BCUT2D eigenvalue weighted by Gasteiger charge is 2.18. The molecule has 0 aliphatic heterocycles. The fourth-order valence-electron chi connectivity index (χ4n) is 0.934. The number of ether oxygens (including phenoxy) is 1. The van der Waals surface area contributed by atoms with Crippen LogP contribution in [0.5, 0.6) is 0 Å². The Morgan fingerprint density at radius 3 is 2.33 bits per heavy atom. The minimum absolute atomic E-state index is 0.146. The number of carbonyl (C=O) groups is 2. The first-order valence-corrected chi connectivity index (χ1v) is 4.05. The molecule has 0 radical (unpaired) electrons. The third-order valence-corrected chi connectivity index (χ3v) is 1.68. The van der Waals surface area contributed by atoms with E-state index >= 15 is 0 Å². The smallest absolute Gasteiger partial charge is 0.293 e. The maximum atomic E-state index is 11.3. The van der Waals surface area contributed by atoms with Crippen LogP contribution in [0.2, 0.25) is 0 Å². The SMILES string of the molecule is CCN(CC)C(=O)C(C)OC=O. The second-order valence-electron chi connectivity index (χ2n) is 2.39. The van der Waals surface area contributed by atoms with Crippen LogP contribution in [0, 0.1) is 0 Å². The van der Waals surface area contributed by atoms with Gasteiger partial charge in [-0.25, -0.2) is 0 Å².